The van der Waals surface area contributed by atoms with Crippen LogP contribution >= 0.6 is 11.8 Å². The number of piperazine rings is 1. The van der Waals surface area contributed by atoms with E-state index >= 15 is 0 Å². The molecule has 1 amide bonds. The standard InChI is InChI=1S/C15H22N2OS/c1-12-10-16-8-9-17(12)15(18)13(2)19-11-14-6-4-3-5-7-14/h3-7,12-13,16H,8-11H2,1-2H3/t12-,13?/m1/s1. The second kappa shape index (κ2) is 6.96. The molecule has 104 valence electrons. The molecule has 1 unspecified atom stereocenters. The van der Waals surface area contributed by atoms with Crippen LogP contribution < -0.4 is 5.32 Å². The molecular weight excluding hydrogens is 256 g/mol. The molecular formula is C15H22N2OS. The van der Waals surface area contributed by atoms with Gasteiger partial charge in [0.15, 0.2) is 0 Å². The highest BCUT2D eigenvalue weighted by Crippen LogP contribution is 2.20. The van der Waals surface area contributed by atoms with Gasteiger partial charge in [-0.15, -0.1) is 11.8 Å². The number of hydrogen-bond acceptors (Lipinski definition) is 3. The van der Waals surface area contributed by atoms with E-state index in [0.29, 0.717) is 6.04 Å². The summed E-state index contributed by atoms with van der Waals surface area (Å²) in [7, 11) is 0. The number of benzene rings is 1. The summed E-state index contributed by atoms with van der Waals surface area (Å²) in [5.74, 6) is 1.17. The summed E-state index contributed by atoms with van der Waals surface area (Å²) >= 11 is 1.72. The SMILES string of the molecule is CC(SCc1ccccc1)C(=O)N1CCNC[C@H]1C. The number of rotatable bonds is 4. The minimum absolute atomic E-state index is 0.0285. The molecule has 2 rings (SSSR count). The summed E-state index contributed by atoms with van der Waals surface area (Å²) < 4.78 is 0. The van der Waals surface area contributed by atoms with E-state index < -0.39 is 0 Å². The van der Waals surface area contributed by atoms with Gasteiger partial charge in [0.2, 0.25) is 5.91 Å². The zero-order chi connectivity index (χ0) is 13.7. The lowest BCUT2D eigenvalue weighted by Crippen LogP contribution is -2.54. The van der Waals surface area contributed by atoms with Crippen molar-refractivity contribution in [1.82, 2.24) is 10.2 Å². The fourth-order valence-electron chi connectivity index (χ4n) is 2.27. The Kier molecular flexibility index (Phi) is 5.28. The molecule has 0 aliphatic carbocycles. The third-order valence-corrected chi connectivity index (χ3v) is 4.68. The molecule has 0 saturated carbocycles. The van der Waals surface area contributed by atoms with Crippen LogP contribution in [0.2, 0.25) is 0 Å². The number of carbonyl (C=O) groups is 1. The van der Waals surface area contributed by atoms with Crippen LogP contribution in [0.1, 0.15) is 19.4 Å². The van der Waals surface area contributed by atoms with Gasteiger partial charge in [0.25, 0.3) is 0 Å². The first-order chi connectivity index (χ1) is 9.18. The highest BCUT2D eigenvalue weighted by molar-refractivity contribution is 7.99. The van der Waals surface area contributed by atoms with Gasteiger partial charge in [0.1, 0.15) is 0 Å². The van der Waals surface area contributed by atoms with E-state index in [1.807, 2.05) is 30.0 Å². The molecule has 2 atom stereocenters. The van der Waals surface area contributed by atoms with E-state index in [1.54, 1.807) is 11.8 Å². The van der Waals surface area contributed by atoms with Crippen LogP contribution in [0.5, 0.6) is 0 Å². The van der Waals surface area contributed by atoms with Crippen molar-refractivity contribution in [3.63, 3.8) is 0 Å². The van der Waals surface area contributed by atoms with Crippen LogP contribution in [-0.4, -0.2) is 41.7 Å². The molecule has 1 fully saturated rings. The largest absolute Gasteiger partial charge is 0.336 e. The lowest BCUT2D eigenvalue weighted by Gasteiger charge is -2.35. The van der Waals surface area contributed by atoms with Gasteiger partial charge in [0.05, 0.1) is 5.25 Å². The highest BCUT2D eigenvalue weighted by atomic mass is 32.2. The predicted octanol–water partition coefficient (Wildman–Crippen LogP) is 2.13. The third kappa shape index (κ3) is 3.98. The van der Waals surface area contributed by atoms with Crippen LogP contribution in [0.4, 0.5) is 0 Å². The molecule has 1 aliphatic heterocycles. The minimum atomic E-state index is 0.0285. The molecule has 19 heavy (non-hydrogen) atoms. The molecule has 3 nitrogen and oxygen atoms in total. The summed E-state index contributed by atoms with van der Waals surface area (Å²) in [4.78, 5) is 14.4. The average Bonchev–Trinajstić information content (AvgIpc) is 2.45. The maximum atomic E-state index is 12.4. The van der Waals surface area contributed by atoms with Crippen LogP contribution in [0.25, 0.3) is 0 Å². The highest BCUT2D eigenvalue weighted by Gasteiger charge is 2.26. The van der Waals surface area contributed by atoms with Crippen molar-refractivity contribution in [3.8, 4) is 0 Å². The van der Waals surface area contributed by atoms with Crippen molar-refractivity contribution in [1.29, 1.82) is 0 Å². The van der Waals surface area contributed by atoms with Gasteiger partial charge in [-0.2, -0.15) is 0 Å². The predicted molar refractivity (Wildman–Crippen MR) is 81.2 cm³/mol. The monoisotopic (exact) mass is 278 g/mol. The Morgan fingerprint density at radius 3 is 2.89 bits per heavy atom. The van der Waals surface area contributed by atoms with Crippen molar-refractivity contribution in [2.24, 2.45) is 0 Å². The fourth-order valence-corrected chi connectivity index (χ4v) is 3.18. The van der Waals surface area contributed by atoms with Gasteiger partial charge in [0, 0.05) is 31.4 Å². The van der Waals surface area contributed by atoms with Gasteiger partial charge in [-0.1, -0.05) is 30.3 Å². The summed E-state index contributed by atoms with van der Waals surface area (Å²) in [5.41, 5.74) is 1.28. The maximum absolute atomic E-state index is 12.4. The van der Waals surface area contributed by atoms with E-state index in [0.717, 1.165) is 25.4 Å². The number of nitrogens with one attached hydrogen (secondary N) is 1. The molecule has 0 radical (unpaired) electrons. The first-order valence-corrected chi connectivity index (χ1v) is 7.90. The lowest BCUT2D eigenvalue weighted by atomic mass is 10.2. The minimum Gasteiger partial charge on any atom is -0.336 e. The molecule has 1 saturated heterocycles. The van der Waals surface area contributed by atoms with E-state index in [9.17, 15) is 4.79 Å². The topological polar surface area (TPSA) is 32.3 Å². The molecule has 1 aromatic rings. The molecule has 4 heteroatoms. The van der Waals surface area contributed by atoms with Crippen molar-refractivity contribution in [3.05, 3.63) is 35.9 Å². The zero-order valence-electron chi connectivity index (χ0n) is 11.6. The molecule has 0 aromatic heterocycles. The van der Waals surface area contributed by atoms with Crippen LogP contribution in [-0.2, 0) is 10.5 Å². The number of hydrogen-bond donors (Lipinski definition) is 1. The number of nitrogens with zero attached hydrogens (tertiary/aromatic N) is 1. The second-order valence-corrected chi connectivity index (χ2v) is 6.35. The van der Waals surface area contributed by atoms with Crippen molar-refractivity contribution in [2.75, 3.05) is 19.6 Å². The number of thioether (sulfide) groups is 1. The first kappa shape index (κ1) is 14.4. The van der Waals surface area contributed by atoms with Crippen LogP contribution in [0.3, 0.4) is 0 Å². The smallest absolute Gasteiger partial charge is 0.235 e. The van der Waals surface area contributed by atoms with Crippen molar-refractivity contribution < 1.29 is 4.79 Å². The van der Waals surface area contributed by atoms with Gasteiger partial charge >= 0.3 is 0 Å². The Labute approximate surface area is 119 Å². The molecule has 1 N–H and O–H groups in total. The quantitative estimate of drug-likeness (QED) is 0.916. The first-order valence-electron chi connectivity index (χ1n) is 6.85. The summed E-state index contributed by atoms with van der Waals surface area (Å²) in [5, 5.41) is 3.34. The van der Waals surface area contributed by atoms with Gasteiger partial charge < -0.3 is 10.2 Å². The Morgan fingerprint density at radius 1 is 1.47 bits per heavy atom. The Balaban J connectivity index is 1.85. The summed E-state index contributed by atoms with van der Waals surface area (Å²) in [6, 6.07) is 10.6. The van der Waals surface area contributed by atoms with Gasteiger partial charge in [-0.25, -0.2) is 0 Å². The molecule has 0 bridgehead atoms. The van der Waals surface area contributed by atoms with Crippen LogP contribution in [0, 0.1) is 0 Å². The van der Waals surface area contributed by atoms with E-state index in [4.69, 9.17) is 0 Å². The Morgan fingerprint density at radius 2 is 2.21 bits per heavy atom. The summed E-state index contributed by atoms with van der Waals surface area (Å²) in [6.45, 7) is 6.77. The van der Waals surface area contributed by atoms with Gasteiger partial charge in [-0.3, -0.25) is 4.79 Å². The van der Waals surface area contributed by atoms with E-state index in [1.165, 1.54) is 5.56 Å². The zero-order valence-corrected chi connectivity index (χ0v) is 12.5. The van der Waals surface area contributed by atoms with Crippen molar-refractivity contribution in [2.45, 2.75) is 30.9 Å². The molecule has 0 spiro atoms. The van der Waals surface area contributed by atoms with E-state index in [2.05, 4.69) is 24.4 Å². The maximum Gasteiger partial charge on any atom is 0.235 e. The summed E-state index contributed by atoms with van der Waals surface area (Å²) in [6.07, 6.45) is 0. The second-order valence-electron chi connectivity index (χ2n) is 5.02. The number of carbonyl (C=O) groups excluding carboxylic acids is 1. The Bertz CT molecular complexity index is 410. The molecule has 1 aliphatic rings. The fraction of sp³-hybridized carbons (Fsp3) is 0.533. The van der Waals surface area contributed by atoms with Crippen molar-refractivity contribution >= 4 is 17.7 Å². The molecule has 1 aromatic carbocycles. The molecule has 1 heterocycles. The average molecular weight is 278 g/mol. The number of amides is 1. The third-order valence-electron chi connectivity index (χ3n) is 3.47. The Hall–Kier alpha value is -1.00. The lowest BCUT2D eigenvalue weighted by molar-refractivity contribution is -0.133. The normalized spacial score (nSPS) is 21.2. The van der Waals surface area contributed by atoms with Crippen LogP contribution in [0.15, 0.2) is 30.3 Å². The van der Waals surface area contributed by atoms with Gasteiger partial charge in [-0.05, 0) is 19.4 Å². The van der Waals surface area contributed by atoms with E-state index in [-0.39, 0.29) is 11.2 Å².